The fourth-order valence-corrected chi connectivity index (χ4v) is 2.71. The summed E-state index contributed by atoms with van der Waals surface area (Å²) in [5, 5.41) is 12.0. The highest BCUT2D eigenvalue weighted by Gasteiger charge is 2.19. The van der Waals surface area contributed by atoms with E-state index in [9.17, 15) is 5.11 Å². The van der Waals surface area contributed by atoms with Crippen molar-refractivity contribution in [2.45, 2.75) is 6.10 Å². The van der Waals surface area contributed by atoms with Gasteiger partial charge in [-0.1, -0.05) is 46.4 Å². The maximum atomic E-state index is 10.4. The van der Waals surface area contributed by atoms with Gasteiger partial charge in [-0.05, 0) is 24.3 Å². The highest BCUT2D eigenvalue weighted by molar-refractivity contribution is 6.35. The summed E-state index contributed by atoms with van der Waals surface area (Å²) in [6.45, 7) is 0. The molecular weight excluding hydrogens is 342 g/mol. The summed E-state index contributed by atoms with van der Waals surface area (Å²) in [4.78, 5) is 0. The smallest absolute Gasteiger partial charge is 0.138 e. The first-order valence-electron chi connectivity index (χ1n) is 5.60. The number of aliphatic hydroxyl groups is 1. The molecule has 0 bridgehead atoms. The van der Waals surface area contributed by atoms with Crippen LogP contribution in [0.4, 0.5) is 0 Å². The average molecular weight is 352 g/mol. The van der Waals surface area contributed by atoms with Gasteiger partial charge in [0.25, 0.3) is 0 Å². The van der Waals surface area contributed by atoms with Crippen LogP contribution in [0, 0.1) is 0 Å². The fourth-order valence-electron chi connectivity index (χ4n) is 1.80. The van der Waals surface area contributed by atoms with E-state index in [0.29, 0.717) is 37.0 Å². The molecule has 0 aromatic heterocycles. The lowest BCUT2D eigenvalue weighted by molar-refractivity contribution is 0.220. The average Bonchev–Trinajstić information content (AvgIpc) is 2.42. The van der Waals surface area contributed by atoms with Crippen molar-refractivity contribution in [2.75, 3.05) is 7.11 Å². The Morgan fingerprint density at radius 2 is 1.55 bits per heavy atom. The van der Waals surface area contributed by atoms with Crippen molar-refractivity contribution in [1.29, 1.82) is 0 Å². The highest BCUT2D eigenvalue weighted by Crippen LogP contribution is 2.38. The molecule has 0 saturated carbocycles. The lowest BCUT2D eigenvalue weighted by Crippen LogP contribution is -2.02. The van der Waals surface area contributed by atoms with Crippen molar-refractivity contribution in [2.24, 2.45) is 0 Å². The summed E-state index contributed by atoms with van der Waals surface area (Å²) in [6, 6.07) is 7.93. The molecule has 0 aliphatic heterocycles. The second-order valence-corrected chi connectivity index (χ2v) is 5.73. The van der Waals surface area contributed by atoms with Gasteiger partial charge in [0.2, 0.25) is 0 Å². The fraction of sp³-hybridized carbons (Fsp3) is 0.143. The Labute approximate surface area is 136 Å². The molecular formula is C14H10Cl4O2. The number of benzene rings is 2. The van der Waals surface area contributed by atoms with Crippen LogP contribution in [0.5, 0.6) is 5.75 Å². The summed E-state index contributed by atoms with van der Waals surface area (Å²) >= 11 is 24.2. The number of hydrogen-bond donors (Lipinski definition) is 1. The first kappa shape index (κ1) is 15.7. The van der Waals surface area contributed by atoms with Gasteiger partial charge in [-0.2, -0.15) is 0 Å². The van der Waals surface area contributed by atoms with Crippen LogP contribution in [0.1, 0.15) is 17.2 Å². The summed E-state index contributed by atoms with van der Waals surface area (Å²) < 4.78 is 5.06. The van der Waals surface area contributed by atoms with E-state index >= 15 is 0 Å². The molecule has 0 fully saturated rings. The van der Waals surface area contributed by atoms with Crippen LogP contribution >= 0.6 is 46.4 Å². The quantitative estimate of drug-likeness (QED) is 0.803. The molecule has 2 rings (SSSR count). The zero-order valence-corrected chi connectivity index (χ0v) is 13.4. The summed E-state index contributed by atoms with van der Waals surface area (Å²) in [7, 11) is 1.49. The zero-order valence-electron chi connectivity index (χ0n) is 10.3. The van der Waals surface area contributed by atoms with Crippen LogP contribution in [0.2, 0.25) is 20.1 Å². The minimum atomic E-state index is -1.03. The number of methoxy groups -OCH3 is 1. The zero-order chi connectivity index (χ0) is 14.9. The molecule has 106 valence electrons. The SMILES string of the molecule is COc1cc(Cl)c(C(O)c2cc(Cl)ccc2Cl)cc1Cl. The monoisotopic (exact) mass is 350 g/mol. The standard InChI is InChI=1S/C14H10Cl4O2/c1-20-13-6-11(17)9(5-12(13)18)14(19)8-4-7(15)2-3-10(8)16/h2-6,14,19H,1H3. The molecule has 2 aromatic carbocycles. The predicted molar refractivity (Wildman–Crippen MR) is 83.5 cm³/mol. The van der Waals surface area contributed by atoms with Crippen molar-refractivity contribution in [3.63, 3.8) is 0 Å². The molecule has 0 saturated heterocycles. The maximum absolute atomic E-state index is 10.4. The molecule has 20 heavy (non-hydrogen) atoms. The van der Waals surface area contributed by atoms with E-state index < -0.39 is 6.10 Å². The molecule has 0 aliphatic rings. The van der Waals surface area contributed by atoms with Crippen LogP contribution in [0.25, 0.3) is 0 Å². The van der Waals surface area contributed by atoms with Gasteiger partial charge in [-0.25, -0.2) is 0 Å². The highest BCUT2D eigenvalue weighted by atomic mass is 35.5. The topological polar surface area (TPSA) is 29.5 Å². The van der Waals surface area contributed by atoms with Crippen LogP contribution in [0.15, 0.2) is 30.3 Å². The Morgan fingerprint density at radius 3 is 2.20 bits per heavy atom. The van der Waals surface area contributed by atoms with Gasteiger partial charge in [0.05, 0.1) is 17.2 Å². The predicted octanol–water partition coefficient (Wildman–Crippen LogP) is 5.39. The van der Waals surface area contributed by atoms with E-state index in [-0.39, 0.29) is 0 Å². The lowest BCUT2D eigenvalue weighted by atomic mass is 10.0. The second-order valence-electron chi connectivity index (χ2n) is 4.08. The van der Waals surface area contributed by atoms with Gasteiger partial charge >= 0.3 is 0 Å². The van der Waals surface area contributed by atoms with E-state index in [0.717, 1.165) is 0 Å². The Bertz CT molecular complexity index is 643. The van der Waals surface area contributed by atoms with Crippen molar-refractivity contribution in [3.05, 3.63) is 61.5 Å². The van der Waals surface area contributed by atoms with Gasteiger partial charge in [-0.3, -0.25) is 0 Å². The van der Waals surface area contributed by atoms with Gasteiger partial charge in [0.1, 0.15) is 11.9 Å². The number of aliphatic hydroxyl groups excluding tert-OH is 1. The normalized spacial score (nSPS) is 12.3. The van der Waals surface area contributed by atoms with Gasteiger partial charge in [0, 0.05) is 27.2 Å². The van der Waals surface area contributed by atoms with E-state index in [1.54, 1.807) is 30.3 Å². The largest absolute Gasteiger partial charge is 0.495 e. The number of hydrogen-bond acceptors (Lipinski definition) is 2. The third-order valence-corrected chi connectivity index (χ3v) is 4.02. The lowest BCUT2D eigenvalue weighted by Gasteiger charge is -2.16. The van der Waals surface area contributed by atoms with Crippen LogP contribution < -0.4 is 4.74 Å². The molecule has 0 radical (unpaired) electrons. The molecule has 0 amide bonds. The van der Waals surface area contributed by atoms with Crippen LogP contribution in [-0.2, 0) is 0 Å². The van der Waals surface area contributed by atoms with Crippen molar-refractivity contribution in [3.8, 4) is 5.75 Å². The first-order chi connectivity index (χ1) is 9.43. The Hall–Kier alpha value is -0.640. The summed E-state index contributed by atoms with van der Waals surface area (Å²) in [5.74, 6) is 0.435. The Balaban J connectivity index is 2.50. The molecule has 1 unspecified atom stereocenters. The third-order valence-electron chi connectivity index (χ3n) is 2.82. The van der Waals surface area contributed by atoms with Gasteiger partial charge in [-0.15, -0.1) is 0 Å². The number of ether oxygens (including phenoxy) is 1. The molecule has 2 aromatic rings. The van der Waals surface area contributed by atoms with Crippen molar-refractivity contribution >= 4 is 46.4 Å². The summed E-state index contributed by atoms with van der Waals surface area (Å²) in [5.41, 5.74) is 0.893. The summed E-state index contributed by atoms with van der Waals surface area (Å²) in [6.07, 6.45) is -1.03. The maximum Gasteiger partial charge on any atom is 0.138 e. The number of halogens is 4. The van der Waals surface area contributed by atoms with Gasteiger partial charge in [0.15, 0.2) is 0 Å². The Morgan fingerprint density at radius 1 is 0.900 bits per heavy atom. The molecule has 6 heteroatoms. The van der Waals surface area contributed by atoms with Gasteiger partial charge < -0.3 is 9.84 Å². The second kappa shape index (κ2) is 6.42. The van der Waals surface area contributed by atoms with E-state index in [1.165, 1.54) is 7.11 Å². The molecule has 2 nitrogen and oxygen atoms in total. The third kappa shape index (κ3) is 3.16. The minimum absolute atomic E-state index is 0.329. The molecule has 1 N–H and O–H groups in total. The molecule has 0 spiro atoms. The first-order valence-corrected chi connectivity index (χ1v) is 7.11. The molecule has 0 heterocycles. The molecule has 0 aliphatic carbocycles. The molecule has 1 atom stereocenters. The van der Waals surface area contributed by atoms with Crippen LogP contribution in [0.3, 0.4) is 0 Å². The Kier molecular flexibility index (Phi) is 5.05. The minimum Gasteiger partial charge on any atom is -0.495 e. The van der Waals surface area contributed by atoms with E-state index in [1.807, 2.05) is 0 Å². The van der Waals surface area contributed by atoms with Crippen LogP contribution in [-0.4, -0.2) is 12.2 Å². The van der Waals surface area contributed by atoms with Crippen molar-refractivity contribution < 1.29 is 9.84 Å². The van der Waals surface area contributed by atoms with E-state index in [4.69, 9.17) is 51.1 Å². The number of rotatable bonds is 3. The van der Waals surface area contributed by atoms with Crippen molar-refractivity contribution in [1.82, 2.24) is 0 Å². The van der Waals surface area contributed by atoms with E-state index in [2.05, 4.69) is 0 Å².